The molecule has 0 aliphatic rings. The SMILES string of the molecule is CCCC(N)CC(=O)Nc1cc(F)ccc1F. The maximum atomic E-state index is 13.2. The van der Waals surface area contributed by atoms with Gasteiger partial charge >= 0.3 is 0 Å². The fourth-order valence-corrected chi connectivity index (χ4v) is 1.51. The van der Waals surface area contributed by atoms with Crippen molar-refractivity contribution in [1.82, 2.24) is 0 Å². The predicted molar refractivity (Wildman–Crippen MR) is 62.5 cm³/mol. The summed E-state index contributed by atoms with van der Waals surface area (Å²) in [6, 6.07) is 2.65. The lowest BCUT2D eigenvalue weighted by atomic mass is 10.1. The summed E-state index contributed by atoms with van der Waals surface area (Å²) >= 11 is 0. The Balaban J connectivity index is 2.58. The first-order valence-electron chi connectivity index (χ1n) is 5.53. The predicted octanol–water partition coefficient (Wildman–Crippen LogP) is 2.42. The lowest BCUT2D eigenvalue weighted by molar-refractivity contribution is -0.116. The maximum Gasteiger partial charge on any atom is 0.226 e. The average Bonchev–Trinajstić information content (AvgIpc) is 2.23. The Morgan fingerprint density at radius 3 is 2.82 bits per heavy atom. The van der Waals surface area contributed by atoms with Crippen molar-refractivity contribution in [1.29, 1.82) is 0 Å². The molecule has 1 aromatic rings. The summed E-state index contributed by atoms with van der Waals surface area (Å²) in [5.41, 5.74) is 5.52. The van der Waals surface area contributed by atoms with Crippen LogP contribution in [0.2, 0.25) is 0 Å². The van der Waals surface area contributed by atoms with Gasteiger partial charge in [0.1, 0.15) is 11.6 Å². The Hall–Kier alpha value is -1.49. The molecular weight excluding hydrogens is 226 g/mol. The number of hydrogen-bond donors (Lipinski definition) is 2. The molecule has 3 nitrogen and oxygen atoms in total. The van der Waals surface area contributed by atoms with Gasteiger partial charge < -0.3 is 11.1 Å². The fourth-order valence-electron chi connectivity index (χ4n) is 1.51. The second-order valence-corrected chi connectivity index (χ2v) is 3.93. The Morgan fingerprint density at radius 2 is 2.18 bits per heavy atom. The van der Waals surface area contributed by atoms with E-state index >= 15 is 0 Å². The lowest BCUT2D eigenvalue weighted by Gasteiger charge is -2.11. The summed E-state index contributed by atoms with van der Waals surface area (Å²) in [5, 5.41) is 2.31. The molecule has 1 rings (SSSR count). The van der Waals surface area contributed by atoms with Gasteiger partial charge in [-0.2, -0.15) is 0 Å². The van der Waals surface area contributed by atoms with E-state index in [-0.39, 0.29) is 18.2 Å². The zero-order chi connectivity index (χ0) is 12.8. The molecule has 5 heteroatoms. The van der Waals surface area contributed by atoms with E-state index < -0.39 is 17.5 Å². The number of rotatable bonds is 5. The number of halogens is 2. The van der Waals surface area contributed by atoms with Crippen LogP contribution in [0.1, 0.15) is 26.2 Å². The zero-order valence-electron chi connectivity index (χ0n) is 9.67. The van der Waals surface area contributed by atoms with Crippen LogP contribution in [-0.2, 0) is 4.79 Å². The van der Waals surface area contributed by atoms with Gasteiger partial charge in [-0.1, -0.05) is 13.3 Å². The molecule has 0 saturated heterocycles. The van der Waals surface area contributed by atoms with Gasteiger partial charge in [-0.15, -0.1) is 0 Å². The minimum Gasteiger partial charge on any atom is -0.327 e. The van der Waals surface area contributed by atoms with Crippen LogP contribution < -0.4 is 11.1 Å². The molecule has 0 aliphatic carbocycles. The number of amides is 1. The number of nitrogens with two attached hydrogens (primary N) is 1. The fraction of sp³-hybridized carbons (Fsp3) is 0.417. The number of hydrogen-bond acceptors (Lipinski definition) is 2. The molecule has 0 aromatic heterocycles. The molecule has 1 atom stereocenters. The Morgan fingerprint density at radius 1 is 1.47 bits per heavy atom. The molecule has 17 heavy (non-hydrogen) atoms. The number of nitrogens with one attached hydrogen (secondary N) is 1. The van der Waals surface area contributed by atoms with E-state index in [0.29, 0.717) is 0 Å². The maximum absolute atomic E-state index is 13.2. The Kier molecular flexibility index (Phi) is 5.03. The molecule has 3 N–H and O–H groups in total. The van der Waals surface area contributed by atoms with Gasteiger partial charge in [-0.3, -0.25) is 4.79 Å². The van der Waals surface area contributed by atoms with Gasteiger partial charge in [0.25, 0.3) is 0 Å². The van der Waals surface area contributed by atoms with Crippen molar-refractivity contribution in [2.75, 3.05) is 5.32 Å². The van der Waals surface area contributed by atoms with Crippen molar-refractivity contribution in [3.05, 3.63) is 29.8 Å². The Bertz CT molecular complexity index is 396. The summed E-state index contributed by atoms with van der Waals surface area (Å²) in [6.07, 6.45) is 1.70. The van der Waals surface area contributed by atoms with Crippen molar-refractivity contribution in [3.8, 4) is 0 Å². The molecule has 0 spiro atoms. The van der Waals surface area contributed by atoms with Crippen LogP contribution in [0.4, 0.5) is 14.5 Å². The van der Waals surface area contributed by atoms with Gasteiger partial charge in [0, 0.05) is 18.5 Å². The third-order valence-electron chi connectivity index (χ3n) is 2.31. The minimum atomic E-state index is -0.663. The average molecular weight is 242 g/mol. The smallest absolute Gasteiger partial charge is 0.226 e. The third-order valence-corrected chi connectivity index (χ3v) is 2.31. The monoisotopic (exact) mass is 242 g/mol. The molecule has 0 heterocycles. The largest absolute Gasteiger partial charge is 0.327 e. The lowest BCUT2D eigenvalue weighted by Crippen LogP contribution is -2.27. The molecule has 0 bridgehead atoms. The molecule has 0 aliphatic heterocycles. The topological polar surface area (TPSA) is 55.1 Å². The number of anilines is 1. The summed E-state index contributed by atoms with van der Waals surface area (Å²) in [4.78, 5) is 11.5. The molecule has 1 aromatic carbocycles. The highest BCUT2D eigenvalue weighted by Crippen LogP contribution is 2.15. The van der Waals surface area contributed by atoms with Crippen LogP contribution in [0, 0.1) is 11.6 Å². The van der Waals surface area contributed by atoms with Gasteiger partial charge in [0.05, 0.1) is 5.69 Å². The van der Waals surface area contributed by atoms with Crippen LogP contribution in [-0.4, -0.2) is 11.9 Å². The number of carbonyl (C=O) groups excluding carboxylic acids is 1. The Labute approximate surface area is 99.0 Å². The van der Waals surface area contributed by atoms with Crippen LogP contribution in [0.5, 0.6) is 0 Å². The molecule has 0 fully saturated rings. The molecule has 1 unspecified atom stereocenters. The molecule has 1 amide bonds. The molecular formula is C12H16F2N2O. The minimum absolute atomic E-state index is 0.101. The first kappa shape index (κ1) is 13.6. The summed E-state index contributed by atoms with van der Waals surface area (Å²) < 4.78 is 26.0. The van der Waals surface area contributed by atoms with Crippen LogP contribution >= 0.6 is 0 Å². The van der Waals surface area contributed by atoms with Crippen molar-refractivity contribution in [2.45, 2.75) is 32.2 Å². The van der Waals surface area contributed by atoms with E-state index in [9.17, 15) is 13.6 Å². The summed E-state index contributed by atoms with van der Waals surface area (Å²) in [5.74, 6) is -1.67. The van der Waals surface area contributed by atoms with E-state index in [2.05, 4.69) is 5.32 Å². The van der Waals surface area contributed by atoms with Crippen molar-refractivity contribution in [3.63, 3.8) is 0 Å². The summed E-state index contributed by atoms with van der Waals surface area (Å²) in [7, 11) is 0. The van der Waals surface area contributed by atoms with Gasteiger partial charge in [0.2, 0.25) is 5.91 Å². The second-order valence-electron chi connectivity index (χ2n) is 3.93. The molecule has 94 valence electrons. The standard InChI is InChI=1S/C12H16F2N2O/c1-2-3-9(15)7-12(17)16-11-6-8(13)4-5-10(11)14/h4-6,9H,2-3,7,15H2,1H3,(H,16,17). The summed E-state index contributed by atoms with van der Waals surface area (Å²) in [6.45, 7) is 1.96. The van der Waals surface area contributed by atoms with E-state index in [4.69, 9.17) is 5.73 Å². The highest BCUT2D eigenvalue weighted by molar-refractivity contribution is 5.91. The third kappa shape index (κ3) is 4.48. The second kappa shape index (κ2) is 6.30. The van der Waals surface area contributed by atoms with E-state index in [1.54, 1.807) is 0 Å². The van der Waals surface area contributed by atoms with Gasteiger partial charge in [-0.25, -0.2) is 8.78 Å². The van der Waals surface area contributed by atoms with Crippen LogP contribution in [0.3, 0.4) is 0 Å². The quantitative estimate of drug-likeness (QED) is 0.833. The number of carbonyl (C=O) groups is 1. The van der Waals surface area contributed by atoms with E-state index in [0.717, 1.165) is 31.0 Å². The highest BCUT2D eigenvalue weighted by Gasteiger charge is 2.11. The van der Waals surface area contributed by atoms with E-state index in [1.807, 2.05) is 6.92 Å². The van der Waals surface area contributed by atoms with Crippen molar-refractivity contribution >= 4 is 11.6 Å². The molecule has 0 radical (unpaired) electrons. The van der Waals surface area contributed by atoms with Gasteiger partial charge in [0.15, 0.2) is 0 Å². The van der Waals surface area contributed by atoms with Crippen LogP contribution in [0.15, 0.2) is 18.2 Å². The first-order valence-corrected chi connectivity index (χ1v) is 5.53. The van der Waals surface area contributed by atoms with E-state index in [1.165, 1.54) is 0 Å². The molecule has 0 saturated carbocycles. The normalized spacial score (nSPS) is 12.2. The van der Waals surface area contributed by atoms with Crippen molar-refractivity contribution in [2.24, 2.45) is 5.73 Å². The number of benzene rings is 1. The van der Waals surface area contributed by atoms with Gasteiger partial charge in [-0.05, 0) is 18.6 Å². The first-order chi connectivity index (χ1) is 8.02. The van der Waals surface area contributed by atoms with Crippen LogP contribution in [0.25, 0.3) is 0 Å². The zero-order valence-corrected chi connectivity index (χ0v) is 9.67. The highest BCUT2D eigenvalue weighted by atomic mass is 19.1. The van der Waals surface area contributed by atoms with Crippen molar-refractivity contribution < 1.29 is 13.6 Å².